The van der Waals surface area contributed by atoms with Crippen LogP contribution < -0.4 is 15.4 Å². The fourth-order valence-corrected chi connectivity index (χ4v) is 3.00. The highest BCUT2D eigenvalue weighted by Crippen LogP contribution is 2.31. The first-order chi connectivity index (χ1) is 9.35. The molecule has 0 saturated carbocycles. The Labute approximate surface area is 115 Å². The highest BCUT2D eigenvalue weighted by Gasteiger charge is 2.19. The molecule has 0 aromatic heterocycles. The molecular weight excluding hydrogens is 236 g/mol. The molecule has 3 nitrogen and oxygen atoms in total. The van der Waals surface area contributed by atoms with E-state index in [1.807, 2.05) is 0 Å². The molecule has 1 fully saturated rings. The zero-order valence-electron chi connectivity index (χ0n) is 11.7. The van der Waals surface area contributed by atoms with Crippen molar-refractivity contribution in [2.75, 3.05) is 18.4 Å². The molecule has 2 N–H and O–H groups in total. The van der Waals surface area contributed by atoms with Crippen LogP contribution in [0.1, 0.15) is 38.2 Å². The van der Waals surface area contributed by atoms with Gasteiger partial charge in [0.15, 0.2) is 0 Å². The number of hydrogen-bond donors (Lipinski definition) is 2. The van der Waals surface area contributed by atoms with Gasteiger partial charge in [0.25, 0.3) is 0 Å². The standard InChI is InChI=1S/C16H24N2O/c1-2-14-11-18-15-10-12(6-7-16(15)19-14)9-13-5-3-4-8-17-13/h6-7,10,13-14,17-18H,2-5,8-9,11H2,1H3. The van der Waals surface area contributed by atoms with E-state index >= 15 is 0 Å². The average molecular weight is 260 g/mol. The topological polar surface area (TPSA) is 33.3 Å². The number of fused-ring (bicyclic) bond motifs is 1. The lowest BCUT2D eigenvalue weighted by molar-refractivity contribution is 0.202. The molecule has 19 heavy (non-hydrogen) atoms. The van der Waals surface area contributed by atoms with Gasteiger partial charge >= 0.3 is 0 Å². The van der Waals surface area contributed by atoms with E-state index in [9.17, 15) is 0 Å². The van der Waals surface area contributed by atoms with Crippen LogP contribution in [0.4, 0.5) is 5.69 Å². The number of rotatable bonds is 3. The Bertz CT molecular complexity index is 427. The van der Waals surface area contributed by atoms with Gasteiger partial charge in [0.05, 0.1) is 12.2 Å². The van der Waals surface area contributed by atoms with E-state index in [0.717, 1.165) is 30.8 Å². The Balaban J connectivity index is 1.67. The summed E-state index contributed by atoms with van der Waals surface area (Å²) in [6, 6.07) is 7.26. The fourth-order valence-electron chi connectivity index (χ4n) is 3.00. The van der Waals surface area contributed by atoms with E-state index in [1.54, 1.807) is 0 Å². The molecule has 2 aliphatic heterocycles. The van der Waals surface area contributed by atoms with Crippen molar-refractivity contribution >= 4 is 5.69 Å². The summed E-state index contributed by atoms with van der Waals surface area (Å²) in [5, 5.41) is 7.11. The Morgan fingerprint density at radius 3 is 3.05 bits per heavy atom. The summed E-state index contributed by atoms with van der Waals surface area (Å²) in [6.45, 7) is 4.27. The maximum absolute atomic E-state index is 5.95. The number of piperidine rings is 1. The summed E-state index contributed by atoms with van der Waals surface area (Å²) in [5.41, 5.74) is 2.57. The van der Waals surface area contributed by atoms with E-state index in [-0.39, 0.29) is 0 Å². The first-order valence-corrected chi connectivity index (χ1v) is 7.62. The molecule has 2 aliphatic rings. The number of anilines is 1. The van der Waals surface area contributed by atoms with Crippen LogP contribution in [0.5, 0.6) is 5.75 Å². The first kappa shape index (κ1) is 12.8. The van der Waals surface area contributed by atoms with Crippen molar-refractivity contribution in [3.8, 4) is 5.75 Å². The van der Waals surface area contributed by atoms with Crippen LogP contribution in [-0.2, 0) is 6.42 Å². The van der Waals surface area contributed by atoms with Crippen LogP contribution in [0, 0.1) is 0 Å². The largest absolute Gasteiger partial charge is 0.486 e. The number of ether oxygens (including phenoxy) is 1. The van der Waals surface area contributed by atoms with Crippen molar-refractivity contribution < 1.29 is 4.74 Å². The molecule has 0 bridgehead atoms. The summed E-state index contributed by atoms with van der Waals surface area (Å²) in [5.74, 6) is 1.01. The minimum absolute atomic E-state index is 0.318. The van der Waals surface area contributed by atoms with Gasteiger partial charge in [-0.15, -0.1) is 0 Å². The van der Waals surface area contributed by atoms with E-state index in [2.05, 4.69) is 35.8 Å². The Hall–Kier alpha value is -1.22. The lowest BCUT2D eigenvalue weighted by Crippen LogP contribution is -2.35. The summed E-state index contributed by atoms with van der Waals surface area (Å²) in [6.07, 6.45) is 6.50. The highest BCUT2D eigenvalue weighted by molar-refractivity contribution is 5.59. The molecule has 1 aromatic rings. The minimum atomic E-state index is 0.318. The molecular formula is C16H24N2O. The maximum atomic E-state index is 5.95. The fraction of sp³-hybridized carbons (Fsp3) is 0.625. The van der Waals surface area contributed by atoms with Crippen LogP contribution in [-0.4, -0.2) is 25.2 Å². The third kappa shape index (κ3) is 3.03. The SMILES string of the molecule is CCC1CNc2cc(CC3CCCCN3)ccc2O1. The predicted octanol–water partition coefficient (Wildman–Crippen LogP) is 2.95. The molecule has 2 atom stereocenters. The quantitative estimate of drug-likeness (QED) is 0.876. The van der Waals surface area contributed by atoms with Gasteiger partial charge in [0.2, 0.25) is 0 Å². The average Bonchev–Trinajstić information content (AvgIpc) is 2.48. The second-order valence-electron chi connectivity index (χ2n) is 5.71. The molecule has 3 heteroatoms. The molecule has 0 aliphatic carbocycles. The van der Waals surface area contributed by atoms with Crippen molar-refractivity contribution in [2.24, 2.45) is 0 Å². The lowest BCUT2D eigenvalue weighted by Gasteiger charge is -2.28. The molecule has 0 amide bonds. The highest BCUT2D eigenvalue weighted by atomic mass is 16.5. The molecule has 0 radical (unpaired) electrons. The van der Waals surface area contributed by atoms with Crippen LogP contribution in [0.3, 0.4) is 0 Å². The van der Waals surface area contributed by atoms with Gasteiger partial charge in [-0.2, -0.15) is 0 Å². The van der Waals surface area contributed by atoms with Crippen molar-refractivity contribution in [3.63, 3.8) is 0 Å². The van der Waals surface area contributed by atoms with Gasteiger partial charge in [-0.1, -0.05) is 19.4 Å². The van der Waals surface area contributed by atoms with Gasteiger partial charge in [0, 0.05) is 6.04 Å². The summed E-state index contributed by atoms with van der Waals surface area (Å²) in [7, 11) is 0. The Kier molecular flexibility index (Phi) is 3.92. The van der Waals surface area contributed by atoms with E-state index in [1.165, 1.54) is 31.4 Å². The molecule has 1 saturated heterocycles. The number of nitrogens with one attached hydrogen (secondary N) is 2. The maximum Gasteiger partial charge on any atom is 0.142 e. The Morgan fingerprint density at radius 1 is 1.32 bits per heavy atom. The number of hydrogen-bond acceptors (Lipinski definition) is 3. The van der Waals surface area contributed by atoms with Crippen molar-refractivity contribution in [1.29, 1.82) is 0 Å². The lowest BCUT2D eigenvalue weighted by atomic mass is 9.97. The second-order valence-corrected chi connectivity index (χ2v) is 5.71. The predicted molar refractivity (Wildman–Crippen MR) is 79.0 cm³/mol. The van der Waals surface area contributed by atoms with E-state index in [4.69, 9.17) is 4.74 Å². The smallest absolute Gasteiger partial charge is 0.142 e. The summed E-state index contributed by atoms with van der Waals surface area (Å²) in [4.78, 5) is 0. The number of benzene rings is 1. The van der Waals surface area contributed by atoms with Gasteiger partial charge < -0.3 is 15.4 Å². The van der Waals surface area contributed by atoms with Crippen LogP contribution in [0.15, 0.2) is 18.2 Å². The zero-order valence-corrected chi connectivity index (χ0v) is 11.7. The Morgan fingerprint density at radius 2 is 2.26 bits per heavy atom. The molecule has 3 rings (SSSR count). The van der Waals surface area contributed by atoms with Crippen molar-refractivity contribution in [2.45, 2.75) is 51.2 Å². The second kappa shape index (κ2) is 5.83. The van der Waals surface area contributed by atoms with Crippen LogP contribution in [0.2, 0.25) is 0 Å². The molecule has 104 valence electrons. The third-order valence-corrected chi connectivity index (χ3v) is 4.21. The van der Waals surface area contributed by atoms with Gasteiger partial charge in [-0.25, -0.2) is 0 Å². The zero-order chi connectivity index (χ0) is 13.1. The van der Waals surface area contributed by atoms with E-state index < -0.39 is 0 Å². The summed E-state index contributed by atoms with van der Waals surface area (Å²) < 4.78 is 5.95. The third-order valence-electron chi connectivity index (χ3n) is 4.21. The normalized spacial score (nSPS) is 26.2. The van der Waals surface area contributed by atoms with E-state index in [0.29, 0.717) is 12.1 Å². The monoisotopic (exact) mass is 260 g/mol. The molecule has 1 aromatic carbocycles. The molecule has 0 spiro atoms. The summed E-state index contributed by atoms with van der Waals surface area (Å²) >= 11 is 0. The van der Waals surface area contributed by atoms with Crippen LogP contribution in [0.25, 0.3) is 0 Å². The van der Waals surface area contributed by atoms with Gasteiger partial charge in [0.1, 0.15) is 11.9 Å². The van der Waals surface area contributed by atoms with Crippen molar-refractivity contribution in [1.82, 2.24) is 5.32 Å². The molecule has 2 heterocycles. The first-order valence-electron chi connectivity index (χ1n) is 7.62. The van der Waals surface area contributed by atoms with Crippen molar-refractivity contribution in [3.05, 3.63) is 23.8 Å². The molecule has 2 unspecified atom stereocenters. The van der Waals surface area contributed by atoms with Crippen LogP contribution >= 0.6 is 0 Å². The van der Waals surface area contributed by atoms with Gasteiger partial charge in [-0.3, -0.25) is 0 Å². The van der Waals surface area contributed by atoms with Gasteiger partial charge in [-0.05, 0) is 49.9 Å². The minimum Gasteiger partial charge on any atom is -0.486 e.